The normalized spacial score (nSPS) is 13.8. The van der Waals surface area contributed by atoms with E-state index in [1.807, 2.05) is 0 Å². The zero-order valence-electron chi connectivity index (χ0n) is 26.2. The van der Waals surface area contributed by atoms with Crippen LogP contribution < -0.4 is 0 Å². The van der Waals surface area contributed by atoms with Gasteiger partial charge in [-0.05, 0) is 27.7 Å². The van der Waals surface area contributed by atoms with Gasteiger partial charge in [-0.15, -0.1) is 0 Å². The number of rotatable bonds is 23. The van der Waals surface area contributed by atoms with Gasteiger partial charge in [-0.1, -0.05) is 26.3 Å². The molecule has 0 aromatic rings. The fraction of sp³-hybridized carbons (Fsp3) is 0.600. The van der Waals surface area contributed by atoms with Gasteiger partial charge in [0.1, 0.15) is 50.8 Å². The molecule has 0 aliphatic heterocycles. The Morgan fingerprint density at radius 2 is 0.659 bits per heavy atom. The Hall–Kier alpha value is -3.40. The molecule has 4 N–H and O–H groups in total. The highest BCUT2D eigenvalue weighted by Gasteiger charge is 2.23. The molecule has 0 aromatic heterocycles. The minimum Gasteiger partial charge on any atom is -0.460 e. The van der Waals surface area contributed by atoms with Gasteiger partial charge in [-0.2, -0.15) is 0 Å². The Morgan fingerprint density at radius 3 is 0.818 bits per heavy atom. The molecule has 0 saturated heterocycles. The Labute approximate surface area is 258 Å². The van der Waals surface area contributed by atoms with Gasteiger partial charge in [0, 0.05) is 61.6 Å². The molecule has 0 spiro atoms. The summed E-state index contributed by atoms with van der Waals surface area (Å²) in [7, 11) is 0. The van der Waals surface area contributed by atoms with Gasteiger partial charge in [-0.25, -0.2) is 19.2 Å². The summed E-state index contributed by atoms with van der Waals surface area (Å²) in [5.74, 6) is -2.74. The molecule has 0 saturated carbocycles. The van der Waals surface area contributed by atoms with Crippen molar-refractivity contribution in [1.82, 2.24) is 9.80 Å². The maximum Gasteiger partial charge on any atom is 0.333 e. The first kappa shape index (κ1) is 40.6. The average Bonchev–Trinajstić information content (AvgIpc) is 2.94. The molecule has 0 radical (unpaired) electrons. The van der Waals surface area contributed by atoms with Crippen LogP contribution in [-0.2, 0) is 38.1 Å². The number of carbonyl (C=O) groups excluding carboxylic acids is 4. The fourth-order valence-electron chi connectivity index (χ4n) is 3.38. The Balaban J connectivity index is 5.62. The number of aliphatic hydroxyl groups is 4. The van der Waals surface area contributed by atoms with Crippen LogP contribution in [0, 0.1) is 0 Å². The summed E-state index contributed by atoms with van der Waals surface area (Å²) < 4.78 is 20.0. The molecule has 44 heavy (non-hydrogen) atoms. The number of carbonyl (C=O) groups is 4. The molecule has 0 aromatic carbocycles. The summed E-state index contributed by atoms with van der Waals surface area (Å²) in [4.78, 5) is 50.1. The second kappa shape index (κ2) is 21.3. The Morgan fingerprint density at radius 1 is 0.477 bits per heavy atom. The quantitative estimate of drug-likeness (QED) is 0.0644. The molecule has 0 aliphatic rings. The second-order valence-corrected chi connectivity index (χ2v) is 10.6. The summed E-state index contributed by atoms with van der Waals surface area (Å²) >= 11 is 0. The highest BCUT2D eigenvalue weighted by Crippen LogP contribution is 2.06. The first-order valence-corrected chi connectivity index (χ1v) is 13.9. The molecule has 0 fully saturated rings. The van der Waals surface area contributed by atoms with E-state index in [0.717, 1.165) is 0 Å². The van der Waals surface area contributed by atoms with E-state index in [-0.39, 0.29) is 88.0 Å². The smallest absolute Gasteiger partial charge is 0.333 e. The van der Waals surface area contributed by atoms with Gasteiger partial charge in [0.2, 0.25) is 0 Å². The molecule has 0 aliphatic carbocycles. The van der Waals surface area contributed by atoms with E-state index in [2.05, 4.69) is 26.3 Å². The lowest BCUT2D eigenvalue weighted by Gasteiger charge is -2.32. The summed E-state index contributed by atoms with van der Waals surface area (Å²) in [6.07, 6.45) is -4.68. The molecule has 0 amide bonds. The zero-order valence-corrected chi connectivity index (χ0v) is 26.2. The van der Waals surface area contributed by atoms with Gasteiger partial charge < -0.3 is 39.4 Å². The van der Waals surface area contributed by atoms with Crippen molar-refractivity contribution in [3.63, 3.8) is 0 Å². The largest absolute Gasteiger partial charge is 0.460 e. The molecular weight excluding hydrogens is 580 g/mol. The summed E-state index contributed by atoms with van der Waals surface area (Å²) in [6, 6.07) is 0. The van der Waals surface area contributed by atoms with Crippen LogP contribution in [0.15, 0.2) is 48.6 Å². The van der Waals surface area contributed by atoms with Crippen LogP contribution in [0.4, 0.5) is 0 Å². The molecule has 14 nitrogen and oxygen atoms in total. The number of hydrogen-bond donors (Lipinski definition) is 4. The number of esters is 4. The van der Waals surface area contributed by atoms with Gasteiger partial charge in [0.05, 0.1) is 0 Å². The molecule has 4 atom stereocenters. The van der Waals surface area contributed by atoms with E-state index < -0.39 is 48.3 Å². The third kappa shape index (κ3) is 19.0. The molecule has 0 heterocycles. The van der Waals surface area contributed by atoms with Crippen molar-refractivity contribution in [2.24, 2.45) is 0 Å². The minimum absolute atomic E-state index is 0.0830. The highest BCUT2D eigenvalue weighted by atomic mass is 16.6. The van der Waals surface area contributed by atoms with Crippen LogP contribution in [0.5, 0.6) is 0 Å². The van der Waals surface area contributed by atoms with Crippen molar-refractivity contribution < 1.29 is 58.6 Å². The Kier molecular flexibility index (Phi) is 19.7. The van der Waals surface area contributed by atoms with E-state index in [4.69, 9.17) is 18.9 Å². The predicted molar refractivity (Wildman–Crippen MR) is 160 cm³/mol. The van der Waals surface area contributed by atoms with E-state index in [1.54, 1.807) is 9.80 Å². The van der Waals surface area contributed by atoms with E-state index in [9.17, 15) is 39.6 Å². The van der Waals surface area contributed by atoms with Crippen LogP contribution in [0.1, 0.15) is 27.7 Å². The van der Waals surface area contributed by atoms with E-state index in [0.29, 0.717) is 0 Å². The number of ether oxygens (including phenoxy) is 4. The number of hydrogen-bond acceptors (Lipinski definition) is 14. The second-order valence-electron chi connectivity index (χ2n) is 10.6. The van der Waals surface area contributed by atoms with Crippen LogP contribution in [0.2, 0.25) is 0 Å². The molecule has 4 unspecified atom stereocenters. The third-order valence-electron chi connectivity index (χ3n) is 5.63. The fourth-order valence-corrected chi connectivity index (χ4v) is 3.38. The van der Waals surface area contributed by atoms with Crippen LogP contribution in [0.3, 0.4) is 0 Å². The maximum absolute atomic E-state index is 11.7. The van der Waals surface area contributed by atoms with E-state index in [1.165, 1.54) is 27.7 Å². The summed E-state index contributed by atoms with van der Waals surface area (Å²) in [6.45, 7) is 18.3. The van der Waals surface area contributed by atoms with Crippen molar-refractivity contribution in [2.45, 2.75) is 52.1 Å². The van der Waals surface area contributed by atoms with Crippen molar-refractivity contribution >= 4 is 23.9 Å². The lowest BCUT2D eigenvalue weighted by molar-refractivity contribution is -0.144. The monoisotopic (exact) mass is 628 g/mol. The topological polar surface area (TPSA) is 193 Å². The first-order chi connectivity index (χ1) is 20.4. The number of nitrogens with zero attached hydrogens (tertiary/aromatic N) is 2. The van der Waals surface area contributed by atoms with Crippen molar-refractivity contribution in [3.8, 4) is 0 Å². The molecule has 14 heteroatoms. The lowest BCUT2D eigenvalue weighted by Crippen LogP contribution is -2.48. The molecule has 0 bridgehead atoms. The van der Waals surface area contributed by atoms with Crippen molar-refractivity contribution in [3.05, 3.63) is 48.6 Å². The van der Waals surface area contributed by atoms with E-state index >= 15 is 0 Å². The number of aliphatic hydroxyl groups excluding tert-OH is 4. The minimum atomic E-state index is -1.17. The third-order valence-corrected chi connectivity index (χ3v) is 5.63. The van der Waals surface area contributed by atoms with Crippen LogP contribution >= 0.6 is 0 Å². The Bertz CT molecular complexity index is 871. The molecular formula is C30H48N2O12. The van der Waals surface area contributed by atoms with Gasteiger partial charge in [0.15, 0.2) is 0 Å². The molecule has 250 valence electrons. The predicted octanol–water partition coefficient (Wildman–Crippen LogP) is -0.489. The zero-order chi connectivity index (χ0) is 34.0. The van der Waals surface area contributed by atoms with Crippen molar-refractivity contribution in [1.29, 1.82) is 0 Å². The first-order valence-electron chi connectivity index (χ1n) is 13.9. The van der Waals surface area contributed by atoms with Crippen LogP contribution in [0.25, 0.3) is 0 Å². The van der Waals surface area contributed by atoms with Gasteiger partial charge in [-0.3, -0.25) is 9.80 Å². The summed E-state index contributed by atoms with van der Waals surface area (Å²) in [5, 5.41) is 42.0. The van der Waals surface area contributed by atoms with Crippen LogP contribution in [-0.4, -0.2) is 144 Å². The SMILES string of the molecule is C=C(C)C(=O)OCC(O)CN(CCN(CC(O)COC(=O)C(=C)C)CC(O)COC(=O)C(=C)C)CC(O)COC(=O)C(=C)C. The van der Waals surface area contributed by atoms with Gasteiger partial charge in [0.25, 0.3) is 0 Å². The lowest BCUT2D eigenvalue weighted by atomic mass is 10.2. The standard InChI is InChI=1S/C30H48N2O12/c1-19(2)27(37)41-15-23(33)11-31(12-24(34)16-42-28(38)20(3)4)9-10-32(13-25(35)17-43-29(39)21(5)6)14-26(36)18-44-30(40)22(7)8/h23-26,33-36H,1,3,5,7,9-18H2,2,4,6,8H3. The average molecular weight is 629 g/mol. The van der Waals surface area contributed by atoms with Gasteiger partial charge >= 0.3 is 23.9 Å². The highest BCUT2D eigenvalue weighted by molar-refractivity contribution is 5.88. The summed E-state index contributed by atoms with van der Waals surface area (Å²) in [5.41, 5.74) is 0.609. The maximum atomic E-state index is 11.7. The van der Waals surface area contributed by atoms with Crippen molar-refractivity contribution in [2.75, 3.05) is 65.7 Å². The molecule has 0 rings (SSSR count).